The Morgan fingerprint density at radius 2 is 2.10 bits per heavy atom. The fourth-order valence-electron chi connectivity index (χ4n) is 2.17. The molecule has 0 saturated heterocycles. The highest BCUT2D eigenvalue weighted by Gasteiger charge is 2.12. The summed E-state index contributed by atoms with van der Waals surface area (Å²) in [4.78, 5) is 0. The zero-order valence-electron chi connectivity index (χ0n) is 12.9. The van der Waals surface area contributed by atoms with Crippen LogP contribution in [0, 0.1) is 0 Å². The predicted molar refractivity (Wildman–Crippen MR) is 86.4 cm³/mol. The minimum Gasteiger partial charge on any atom is -0.496 e. The number of hydrogen-bond donors (Lipinski definition) is 1. The molecule has 1 aromatic carbocycles. The van der Waals surface area contributed by atoms with Crippen LogP contribution in [0.15, 0.2) is 48.8 Å². The number of ether oxygens (including phenoxy) is 1. The van der Waals surface area contributed by atoms with Gasteiger partial charge in [0.25, 0.3) is 0 Å². The molecule has 0 aliphatic rings. The fraction of sp³-hybridized carbons (Fsp3) is 0.353. The first-order valence-electron chi connectivity index (χ1n) is 7.24. The van der Waals surface area contributed by atoms with Gasteiger partial charge in [-0.15, -0.1) is 0 Å². The first-order chi connectivity index (χ1) is 10.2. The van der Waals surface area contributed by atoms with E-state index in [1.165, 1.54) is 0 Å². The number of benzene rings is 1. The van der Waals surface area contributed by atoms with E-state index in [0.29, 0.717) is 12.1 Å². The highest BCUT2D eigenvalue weighted by Crippen LogP contribution is 2.18. The van der Waals surface area contributed by atoms with Crippen molar-refractivity contribution in [3.8, 4) is 5.75 Å². The molecule has 0 radical (unpaired) electrons. The van der Waals surface area contributed by atoms with Crippen LogP contribution in [0.3, 0.4) is 0 Å². The van der Waals surface area contributed by atoms with E-state index in [4.69, 9.17) is 4.74 Å². The van der Waals surface area contributed by atoms with Crippen molar-refractivity contribution in [1.82, 2.24) is 15.1 Å². The number of hydrogen-bond acceptors (Lipinski definition) is 3. The van der Waals surface area contributed by atoms with Gasteiger partial charge in [-0.2, -0.15) is 5.10 Å². The molecule has 1 aromatic heterocycles. The van der Waals surface area contributed by atoms with E-state index in [0.717, 1.165) is 17.9 Å². The van der Waals surface area contributed by atoms with Crippen molar-refractivity contribution in [2.75, 3.05) is 13.7 Å². The number of methoxy groups -OCH3 is 1. The van der Waals surface area contributed by atoms with Crippen LogP contribution in [-0.4, -0.2) is 29.5 Å². The van der Waals surface area contributed by atoms with Crippen LogP contribution in [0.1, 0.15) is 25.5 Å². The molecule has 21 heavy (non-hydrogen) atoms. The number of para-hydroxylation sites is 1. The topological polar surface area (TPSA) is 39.1 Å². The molecule has 0 amide bonds. The summed E-state index contributed by atoms with van der Waals surface area (Å²) in [6.07, 6.45) is 8.00. The third kappa shape index (κ3) is 4.20. The zero-order valence-corrected chi connectivity index (χ0v) is 12.9. The molecular weight excluding hydrogens is 262 g/mol. The number of nitrogens with zero attached hydrogens (tertiary/aromatic N) is 2. The van der Waals surface area contributed by atoms with Gasteiger partial charge in [0.05, 0.1) is 13.2 Å². The second kappa shape index (κ2) is 7.64. The Bertz CT molecular complexity index is 563. The fourth-order valence-corrected chi connectivity index (χ4v) is 2.17. The summed E-state index contributed by atoms with van der Waals surface area (Å²) in [7, 11) is 1.69. The smallest absolute Gasteiger partial charge is 0.126 e. The van der Waals surface area contributed by atoms with Crippen molar-refractivity contribution in [1.29, 1.82) is 0 Å². The lowest BCUT2D eigenvalue weighted by atomic mass is 10.1. The lowest BCUT2D eigenvalue weighted by Crippen LogP contribution is -2.34. The van der Waals surface area contributed by atoms with Crippen molar-refractivity contribution in [2.45, 2.75) is 25.9 Å². The third-order valence-electron chi connectivity index (χ3n) is 3.66. The van der Waals surface area contributed by atoms with Gasteiger partial charge in [-0.3, -0.25) is 4.68 Å². The SMILES string of the molecule is COc1ccccc1/C=C\CN[C@H](C)[C@H](C)n1cccn1. The van der Waals surface area contributed by atoms with Gasteiger partial charge >= 0.3 is 0 Å². The summed E-state index contributed by atoms with van der Waals surface area (Å²) >= 11 is 0. The van der Waals surface area contributed by atoms with Crippen molar-refractivity contribution in [3.05, 3.63) is 54.4 Å². The van der Waals surface area contributed by atoms with E-state index >= 15 is 0 Å². The number of rotatable bonds is 7. The molecule has 4 nitrogen and oxygen atoms in total. The predicted octanol–water partition coefficient (Wildman–Crippen LogP) is 3.14. The monoisotopic (exact) mass is 285 g/mol. The van der Waals surface area contributed by atoms with E-state index in [-0.39, 0.29) is 0 Å². The maximum atomic E-state index is 5.33. The standard InChI is InChI=1S/C17H23N3O/c1-14(15(2)20-13-7-12-19-20)18-11-6-9-16-8-4-5-10-17(16)21-3/h4-10,12-15,18H,11H2,1-3H3/b9-6-/t14-,15+/m1/s1. The van der Waals surface area contributed by atoms with E-state index in [1.807, 2.05) is 47.4 Å². The van der Waals surface area contributed by atoms with E-state index in [1.54, 1.807) is 7.11 Å². The Balaban J connectivity index is 1.85. The van der Waals surface area contributed by atoms with Gasteiger partial charge in [0.15, 0.2) is 0 Å². The van der Waals surface area contributed by atoms with Crippen molar-refractivity contribution in [2.24, 2.45) is 0 Å². The molecule has 0 aliphatic carbocycles. The highest BCUT2D eigenvalue weighted by molar-refractivity contribution is 5.57. The molecule has 1 heterocycles. The van der Waals surface area contributed by atoms with Crippen LogP contribution in [-0.2, 0) is 0 Å². The van der Waals surface area contributed by atoms with Crippen LogP contribution in [0.4, 0.5) is 0 Å². The minimum atomic E-state index is 0.319. The quantitative estimate of drug-likeness (QED) is 0.849. The van der Waals surface area contributed by atoms with E-state index in [2.05, 4.69) is 36.4 Å². The summed E-state index contributed by atoms with van der Waals surface area (Å²) in [5.41, 5.74) is 1.09. The van der Waals surface area contributed by atoms with Crippen molar-refractivity contribution >= 4 is 6.08 Å². The Morgan fingerprint density at radius 1 is 1.29 bits per heavy atom. The molecule has 2 rings (SSSR count). The third-order valence-corrected chi connectivity index (χ3v) is 3.66. The van der Waals surface area contributed by atoms with Crippen LogP contribution < -0.4 is 10.1 Å². The van der Waals surface area contributed by atoms with Crippen LogP contribution >= 0.6 is 0 Å². The normalized spacial score (nSPS) is 14.2. The Kier molecular flexibility index (Phi) is 5.58. The molecule has 2 aromatic rings. The first-order valence-corrected chi connectivity index (χ1v) is 7.24. The molecule has 0 saturated carbocycles. The molecule has 0 spiro atoms. The van der Waals surface area contributed by atoms with E-state index < -0.39 is 0 Å². The minimum absolute atomic E-state index is 0.319. The molecular formula is C17H23N3O. The van der Waals surface area contributed by atoms with Gasteiger partial charge in [0.1, 0.15) is 5.75 Å². The first kappa shape index (κ1) is 15.3. The van der Waals surface area contributed by atoms with Gasteiger partial charge in [-0.1, -0.05) is 30.4 Å². The van der Waals surface area contributed by atoms with Gasteiger partial charge in [-0.25, -0.2) is 0 Å². The Labute approximate surface area is 126 Å². The molecule has 112 valence electrons. The summed E-state index contributed by atoms with van der Waals surface area (Å²) in [6, 6.07) is 10.6. The average Bonchev–Trinajstić information content (AvgIpc) is 3.05. The number of aromatic nitrogens is 2. The number of nitrogens with one attached hydrogen (secondary N) is 1. The summed E-state index contributed by atoms with van der Waals surface area (Å²) in [5, 5.41) is 7.77. The Morgan fingerprint density at radius 3 is 2.81 bits per heavy atom. The largest absolute Gasteiger partial charge is 0.496 e. The second-order valence-corrected chi connectivity index (χ2v) is 5.07. The lowest BCUT2D eigenvalue weighted by molar-refractivity contribution is 0.376. The highest BCUT2D eigenvalue weighted by atomic mass is 16.5. The Hall–Kier alpha value is -2.07. The lowest BCUT2D eigenvalue weighted by Gasteiger charge is -2.21. The molecule has 2 atom stereocenters. The maximum absolute atomic E-state index is 5.33. The van der Waals surface area contributed by atoms with Gasteiger partial charge in [0, 0.05) is 30.5 Å². The summed E-state index contributed by atoms with van der Waals surface area (Å²) < 4.78 is 7.30. The second-order valence-electron chi connectivity index (χ2n) is 5.07. The van der Waals surface area contributed by atoms with Gasteiger partial charge in [0.2, 0.25) is 0 Å². The van der Waals surface area contributed by atoms with Crippen LogP contribution in [0.25, 0.3) is 6.08 Å². The summed E-state index contributed by atoms with van der Waals surface area (Å²) in [6.45, 7) is 5.14. The summed E-state index contributed by atoms with van der Waals surface area (Å²) in [5.74, 6) is 0.895. The molecule has 1 N–H and O–H groups in total. The van der Waals surface area contributed by atoms with Gasteiger partial charge in [-0.05, 0) is 26.0 Å². The van der Waals surface area contributed by atoms with Crippen LogP contribution in [0.5, 0.6) is 5.75 Å². The average molecular weight is 285 g/mol. The zero-order chi connectivity index (χ0) is 15.1. The molecule has 0 fully saturated rings. The molecule has 0 aliphatic heterocycles. The van der Waals surface area contributed by atoms with Crippen molar-refractivity contribution < 1.29 is 4.74 Å². The molecule has 4 heteroatoms. The van der Waals surface area contributed by atoms with Gasteiger partial charge < -0.3 is 10.1 Å². The maximum Gasteiger partial charge on any atom is 0.126 e. The molecule has 0 bridgehead atoms. The van der Waals surface area contributed by atoms with E-state index in [9.17, 15) is 0 Å². The van der Waals surface area contributed by atoms with Crippen LogP contribution in [0.2, 0.25) is 0 Å². The van der Waals surface area contributed by atoms with Crippen molar-refractivity contribution in [3.63, 3.8) is 0 Å². The molecule has 0 unspecified atom stereocenters.